The topological polar surface area (TPSA) is 124 Å². The molecule has 4 heterocycles. The van der Waals surface area contributed by atoms with Crippen LogP contribution in [0, 0.1) is 0 Å². The molecule has 0 saturated carbocycles. The minimum atomic E-state index is -0.983. The summed E-state index contributed by atoms with van der Waals surface area (Å²) < 4.78 is 0. The van der Waals surface area contributed by atoms with Gasteiger partial charge in [0, 0.05) is 30.2 Å². The van der Waals surface area contributed by atoms with E-state index in [-0.39, 0.29) is 12.5 Å². The number of nitrogens with zero attached hydrogens (tertiary/aromatic N) is 4. The summed E-state index contributed by atoms with van der Waals surface area (Å²) in [6.45, 7) is 1.23. The number of pyridine rings is 1. The Kier molecular flexibility index (Phi) is 4.41. The maximum atomic E-state index is 12.6. The lowest BCUT2D eigenvalue weighted by atomic mass is 10.1. The lowest BCUT2D eigenvalue weighted by Crippen LogP contribution is -2.28. The minimum Gasteiger partial charge on any atom is -0.480 e. The Morgan fingerprint density at radius 1 is 1.22 bits per heavy atom. The van der Waals surface area contributed by atoms with Crippen molar-refractivity contribution in [2.45, 2.75) is 12.8 Å². The third-order valence-electron chi connectivity index (χ3n) is 4.47. The van der Waals surface area contributed by atoms with Gasteiger partial charge in [-0.1, -0.05) is 0 Å². The van der Waals surface area contributed by atoms with Gasteiger partial charge in [0.15, 0.2) is 0 Å². The second-order valence-corrected chi connectivity index (χ2v) is 6.33. The number of carbonyl (C=O) groups is 2. The Morgan fingerprint density at radius 3 is 2.81 bits per heavy atom. The van der Waals surface area contributed by atoms with Crippen molar-refractivity contribution in [2.75, 3.05) is 25.0 Å². The summed E-state index contributed by atoms with van der Waals surface area (Å²) in [5.41, 5.74) is 2.15. The van der Waals surface area contributed by atoms with Gasteiger partial charge in [-0.25, -0.2) is 9.97 Å². The average Bonchev–Trinajstić information content (AvgIpc) is 3.37. The van der Waals surface area contributed by atoms with Crippen LogP contribution in [0.25, 0.3) is 22.3 Å². The van der Waals surface area contributed by atoms with E-state index in [4.69, 9.17) is 5.11 Å². The third kappa shape index (κ3) is 3.43. The number of carboxylic acid groups (broad SMARTS) is 1. The molecule has 0 spiro atoms. The van der Waals surface area contributed by atoms with E-state index in [1.165, 1.54) is 6.20 Å². The van der Waals surface area contributed by atoms with Crippen LogP contribution in [0.4, 0.5) is 5.82 Å². The first kappa shape index (κ1) is 17.0. The van der Waals surface area contributed by atoms with Crippen molar-refractivity contribution < 1.29 is 14.7 Å². The molecule has 138 valence electrons. The number of hydrogen-bond acceptors (Lipinski definition) is 6. The van der Waals surface area contributed by atoms with Gasteiger partial charge in [-0.2, -0.15) is 0 Å². The van der Waals surface area contributed by atoms with Gasteiger partial charge in [-0.3, -0.25) is 14.6 Å². The van der Waals surface area contributed by atoms with Gasteiger partial charge in [0.05, 0.1) is 18.1 Å². The number of rotatable bonds is 5. The Bertz CT molecular complexity index is 1010. The number of nitrogens with one attached hydrogen (secondary N) is 2. The summed E-state index contributed by atoms with van der Waals surface area (Å²) in [7, 11) is 0. The van der Waals surface area contributed by atoms with E-state index in [1.54, 1.807) is 23.4 Å². The second-order valence-electron chi connectivity index (χ2n) is 6.33. The van der Waals surface area contributed by atoms with Crippen molar-refractivity contribution in [3.05, 3.63) is 36.4 Å². The van der Waals surface area contributed by atoms with Crippen molar-refractivity contribution in [2.24, 2.45) is 0 Å². The molecule has 0 atom stereocenters. The molecule has 4 rings (SSSR count). The molecule has 0 bridgehead atoms. The zero-order valence-electron chi connectivity index (χ0n) is 14.5. The Balaban J connectivity index is 1.72. The number of aliphatic carboxylic acids is 1. The van der Waals surface area contributed by atoms with Gasteiger partial charge in [-0.15, -0.1) is 0 Å². The molecule has 0 aromatic carbocycles. The first-order valence-electron chi connectivity index (χ1n) is 8.67. The Labute approximate surface area is 154 Å². The normalized spacial score (nSPS) is 13.9. The first-order chi connectivity index (χ1) is 13.1. The molecule has 9 nitrogen and oxygen atoms in total. The van der Waals surface area contributed by atoms with E-state index >= 15 is 0 Å². The number of carboxylic acids is 1. The number of H-pyrrole nitrogens is 1. The predicted octanol–water partition coefficient (Wildman–Crippen LogP) is 1.75. The zero-order chi connectivity index (χ0) is 18.8. The highest BCUT2D eigenvalue weighted by molar-refractivity contribution is 5.96. The Morgan fingerprint density at radius 2 is 2.04 bits per heavy atom. The highest BCUT2D eigenvalue weighted by atomic mass is 16.4. The van der Waals surface area contributed by atoms with Crippen LogP contribution >= 0.6 is 0 Å². The van der Waals surface area contributed by atoms with Crippen LogP contribution in [0.5, 0.6) is 0 Å². The number of hydrogen-bond donors (Lipinski definition) is 3. The summed E-state index contributed by atoms with van der Waals surface area (Å²) in [5, 5.41) is 12.5. The minimum absolute atomic E-state index is 0.120. The fourth-order valence-corrected chi connectivity index (χ4v) is 3.19. The fourth-order valence-electron chi connectivity index (χ4n) is 3.19. The zero-order valence-corrected chi connectivity index (χ0v) is 14.5. The lowest BCUT2D eigenvalue weighted by molar-refractivity contribution is -0.134. The summed E-state index contributed by atoms with van der Waals surface area (Å²) in [6.07, 6.45) is 6.82. The van der Waals surface area contributed by atoms with Gasteiger partial charge >= 0.3 is 5.97 Å². The molecule has 27 heavy (non-hydrogen) atoms. The van der Waals surface area contributed by atoms with E-state index in [1.807, 2.05) is 6.07 Å². The molecule has 0 unspecified atom stereocenters. The predicted molar refractivity (Wildman–Crippen MR) is 98.4 cm³/mol. The van der Waals surface area contributed by atoms with E-state index in [2.05, 4.69) is 25.3 Å². The molecule has 1 aliphatic rings. The summed E-state index contributed by atoms with van der Waals surface area (Å²) in [5.74, 6) is -0.700. The van der Waals surface area contributed by atoms with Crippen LogP contribution in [0.15, 0.2) is 30.7 Å². The number of anilines is 1. The van der Waals surface area contributed by atoms with Crippen LogP contribution in [-0.2, 0) is 4.79 Å². The molecule has 1 aliphatic heterocycles. The molecular weight excluding hydrogens is 348 g/mol. The van der Waals surface area contributed by atoms with Gasteiger partial charge < -0.3 is 20.3 Å². The molecule has 9 heteroatoms. The van der Waals surface area contributed by atoms with Crippen LogP contribution in [0.3, 0.4) is 0 Å². The van der Waals surface area contributed by atoms with Gasteiger partial charge in [0.25, 0.3) is 5.91 Å². The molecule has 1 fully saturated rings. The second kappa shape index (κ2) is 7.02. The summed E-state index contributed by atoms with van der Waals surface area (Å²) in [6, 6.07) is 3.57. The standard InChI is InChI=1S/C18H18N6O3/c25-16(26)10-21-15-7-12(11-3-4-20-17(11)23-15)13-8-19-9-14(22-13)18(27)24-5-1-2-6-24/h3-4,7-9H,1-2,5-6,10H2,(H,25,26)(H2,20,21,23). The smallest absolute Gasteiger partial charge is 0.322 e. The SMILES string of the molecule is O=C(O)CNc1cc(-c2cncc(C(=O)N3CCCC3)n2)c2cc[nH]c2n1. The maximum absolute atomic E-state index is 12.6. The number of amides is 1. The number of carbonyl (C=O) groups excluding carboxylic acids is 1. The van der Waals surface area contributed by atoms with E-state index in [0.717, 1.165) is 36.9 Å². The number of likely N-dealkylation sites (tertiary alicyclic amines) is 1. The van der Waals surface area contributed by atoms with Crippen molar-refractivity contribution >= 4 is 28.7 Å². The quantitative estimate of drug-likeness (QED) is 0.628. The van der Waals surface area contributed by atoms with Gasteiger partial charge in [0.1, 0.15) is 23.7 Å². The largest absolute Gasteiger partial charge is 0.480 e. The maximum Gasteiger partial charge on any atom is 0.322 e. The number of aromatic nitrogens is 4. The molecular formula is C18H18N6O3. The molecule has 3 aromatic rings. The van der Waals surface area contributed by atoms with E-state index < -0.39 is 5.97 Å². The highest BCUT2D eigenvalue weighted by Gasteiger charge is 2.21. The molecule has 3 N–H and O–H groups in total. The van der Waals surface area contributed by atoms with Gasteiger partial charge in [-0.05, 0) is 25.0 Å². The monoisotopic (exact) mass is 366 g/mol. The van der Waals surface area contributed by atoms with Crippen LogP contribution in [-0.4, -0.2) is 61.5 Å². The van der Waals surface area contributed by atoms with Crippen LogP contribution in [0.1, 0.15) is 23.3 Å². The third-order valence-corrected chi connectivity index (χ3v) is 4.47. The number of fused-ring (bicyclic) bond motifs is 1. The van der Waals surface area contributed by atoms with Crippen LogP contribution < -0.4 is 5.32 Å². The molecule has 1 saturated heterocycles. The molecule has 1 amide bonds. The number of aromatic amines is 1. The average molecular weight is 366 g/mol. The molecule has 0 aliphatic carbocycles. The van der Waals surface area contributed by atoms with Crippen molar-refractivity contribution in [1.29, 1.82) is 0 Å². The van der Waals surface area contributed by atoms with Crippen LogP contribution in [0.2, 0.25) is 0 Å². The van der Waals surface area contributed by atoms with Crippen molar-refractivity contribution in [3.8, 4) is 11.3 Å². The highest BCUT2D eigenvalue weighted by Crippen LogP contribution is 2.28. The lowest BCUT2D eigenvalue weighted by Gasteiger charge is -2.15. The van der Waals surface area contributed by atoms with Crippen molar-refractivity contribution in [3.63, 3.8) is 0 Å². The fraction of sp³-hybridized carbons (Fsp3) is 0.278. The van der Waals surface area contributed by atoms with E-state index in [0.29, 0.717) is 22.9 Å². The van der Waals surface area contributed by atoms with Crippen molar-refractivity contribution in [1.82, 2.24) is 24.8 Å². The summed E-state index contributed by atoms with van der Waals surface area (Å²) >= 11 is 0. The Hall–Kier alpha value is -3.49. The van der Waals surface area contributed by atoms with E-state index in [9.17, 15) is 9.59 Å². The van der Waals surface area contributed by atoms with Gasteiger partial charge in [0.2, 0.25) is 0 Å². The molecule has 3 aromatic heterocycles. The summed E-state index contributed by atoms with van der Waals surface area (Å²) in [4.78, 5) is 41.3. The molecule has 0 radical (unpaired) electrons. The first-order valence-corrected chi connectivity index (χ1v) is 8.67.